The van der Waals surface area contributed by atoms with Gasteiger partial charge in [-0.3, -0.25) is 44.1 Å². The number of halogens is 5. The van der Waals surface area contributed by atoms with Crippen molar-refractivity contribution in [3.8, 4) is 12.1 Å². The number of ether oxygens (including phenoxy) is 2. The minimum atomic E-state index is -3.01. The van der Waals surface area contributed by atoms with Gasteiger partial charge in [0.1, 0.15) is 78.8 Å². The molecule has 544 valence electrons. The molecule has 6 aliphatic heterocycles. The lowest BCUT2D eigenvalue weighted by Crippen LogP contribution is -2.58. The fourth-order valence-electron chi connectivity index (χ4n) is 13.9. The van der Waals surface area contributed by atoms with E-state index in [-0.39, 0.29) is 92.9 Å². The van der Waals surface area contributed by atoms with E-state index >= 15 is 8.78 Å². The van der Waals surface area contributed by atoms with Crippen molar-refractivity contribution in [2.45, 2.75) is 207 Å². The predicted octanol–water partition coefficient (Wildman–Crippen LogP) is 12.6. The number of pyridine rings is 3. The molecule has 4 N–H and O–H groups in total. The highest BCUT2D eigenvalue weighted by Crippen LogP contribution is 2.52. The van der Waals surface area contributed by atoms with Gasteiger partial charge < -0.3 is 20.9 Å². The normalized spacial score (nSPS) is 27.7. The summed E-state index contributed by atoms with van der Waals surface area (Å²) >= 11 is 12.4. The topological polar surface area (TPSA) is 350 Å². The first kappa shape index (κ1) is 78.1. The van der Waals surface area contributed by atoms with E-state index in [1.54, 1.807) is 104 Å². The Bertz CT molecular complexity index is 4930. The molecule has 0 aliphatic carbocycles. The van der Waals surface area contributed by atoms with E-state index < -0.39 is 116 Å². The van der Waals surface area contributed by atoms with Gasteiger partial charge in [-0.05, 0) is 196 Å². The predicted molar refractivity (Wildman–Crippen MR) is 389 cm³/mol. The number of hydrogen-bond acceptors (Lipinski definition) is 22. The van der Waals surface area contributed by atoms with Crippen LogP contribution in [0.2, 0.25) is 10.0 Å². The number of esters is 2. The third kappa shape index (κ3) is 14.4. The number of nitrogens with two attached hydrogens (primary N) is 2. The van der Waals surface area contributed by atoms with Crippen molar-refractivity contribution in [1.82, 2.24) is 15.0 Å². The van der Waals surface area contributed by atoms with Crippen LogP contribution >= 0.6 is 23.2 Å². The fraction of sp³-hybridized carbons (Fsp3) is 0.500. The van der Waals surface area contributed by atoms with E-state index in [0.29, 0.717) is 67.1 Å². The molecular formula is C72H84Cl2F3N13O9S3. The van der Waals surface area contributed by atoms with Gasteiger partial charge in [0.25, 0.3) is 0 Å². The summed E-state index contributed by atoms with van der Waals surface area (Å²) in [5, 5.41) is 16.6. The number of Topliss-reactive ketones (excluding diaryl/α,β-unsaturated/α-hetero) is 2. The maximum atomic E-state index is 15.5. The van der Waals surface area contributed by atoms with Gasteiger partial charge in [0, 0.05) is 53.6 Å². The second kappa shape index (κ2) is 27.9. The highest BCUT2D eigenvalue weighted by Gasteiger charge is 2.61. The molecule has 2 aromatic carbocycles. The summed E-state index contributed by atoms with van der Waals surface area (Å²) in [6.07, 6.45) is 0.689. The van der Waals surface area contributed by atoms with Gasteiger partial charge in [0.2, 0.25) is 0 Å². The van der Waals surface area contributed by atoms with Crippen LogP contribution in [0.5, 0.6) is 0 Å². The zero-order valence-corrected chi connectivity index (χ0v) is 63.6. The van der Waals surface area contributed by atoms with E-state index in [4.69, 9.17) is 64.7 Å². The van der Waals surface area contributed by atoms with Crippen molar-refractivity contribution in [3.63, 3.8) is 0 Å². The number of amidine groups is 1. The Morgan fingerprint density at radius 1 is 0.510 bits per heavy atom. The molecule has 102 heavy (non-hydrogen) atoms. The minimum absolute atomic E-state index is 0.00741. The Kier molecular flexibility index (Phi) is 21.4. The number of fused-ring (bicyclic) bond motifs is 3. The Morgan fingerprint density at radius 2 is 0.843 bits per heavy atom. The van der Waals surface area contributed by atoms with Crippen molar-refractivity contribution in [1.29, 1.82) is 10.5 Å². The summed E-state index contributed by atoms with van der Waals surface area (Å²) in [4.78, 5) is 78.8. The van der Waals surface area contributed by atoms with Crippen molar-refractivity contribution in [2.24, 2.45) is 33.8 Å². The van der Waals surface area contributed by atoms with Gasteiger partial charge in [0.05, 0.1) is 113 Å². The number of anilines is 1. The summed E-state index contributed by atoms with van der Waals surface area (Å²) in [6, 6.07) is 20.6. The third-order valence-corrected chi connectivity index (χ3v) is 31.2. The summed E-state index contributed by atoms with van der Waals surface area (Å²) in [5.41, 5.74) is 9.07. The molecule has 11 rings (SSSR count). The fourth-order valence-corrected chi connectivity index (χ4v) is 24.1. The molecular weight excluding hydrogens is 1410 g/mol. The number of aliphatic imine (C=N–C) groups is 3. The molecule has 5 aromatic rings. The maximum Gasteiger partial charge on any atom is 0.312 e. The van der Waals surface area contributed by atoms with Crippen LogP contribution in [-0.4, -0.2) is 129 Å². The van der Waals surface area contributed by atoms with E-state index in [0.717, 1.165) is 0 Å². The molecule has 22 nitrogen and oxygen atoms in total. The minimum Gasteiger partial charge on any atom is -0.460 e. The molecule has 0 saturated heterocycles. The average Bonchev–Trinajstić information content (AvgIpc) is 1.36. The third-order valence-electron chi connectivity index (χ3n) is 19.4. The summed E-state index contributed by atoms with van der Waals surface area (Å²) in [7, 11) is -8.70. The molecule has 9 atom stereocenters. The molecule has 30 heteroatoms. The van der Waals surface area contributed by atoms with Crippen molar-refractivity contribution < 1.29 is 54.4 Å². The molecule has 0 saturated carbocycles. The number of rotatable bonds is 13. The van der Waals surface area contributed by atoms with Crippen LogP contribution in [0.3, 0.4) is 0 Å². The molecule has 0 radical (unpaired) electrons. The van der Waals surface area contributed by atoms with E-state index in [1.165, 1.54) is 72.8 Å². The first-order valence-corrected chi connectivity index (χ1v) is 38.5. The molecule has 9 heterocycles. The zero-order chi connectivity index (χ0) is 75.7. The Labute approximate surface area is 604 Å². The van der Waals surface area contributed by atoms with E-state index in [2.05, 4.69) is 33.0 Å². The van der Waals surface area contributed by atoms with Crippen molar-refractivity contribution >= 4 is 99.0 Å². The van der Waals surface area contributed by atoms with E-state index in [9.17, 15) is 36.2 Å². The number of ketones is 2. The Hall–Kier alpha value is -8.02. The van der Waals surface area contributed by atoms with Crippen LogP contribution in [0.15, 0.2) is 101 Å². The summed E-state index contributed by atoms with van der Waals surface area (Å²) < 4.78 is 109. The molecule has 0 fully saturated rings. The lowest BCUT2D eigenvalue weighted by atomic mass is 9.88. The Morgan fingerprint density at radius 3 is 1.19 bits per heavy atom. The van der Waals surface area contributed by atoms with Gasteiger partial charge in [-0.15, -0.1) is 0 Å². The van der Waals surface area contributed by atoms with Crippen molar-refractivity contribution in [3.05, 3.63) is 151 Å². The van der Waals surface area contributed by atoms with Gasteiger partial charge in [-0.25, -0.2) is 43.9 Å². The summed E-state index contributed by atoms with van der Waals surface area (Å²) in [5.74, 6) is -3.26. The number of benzene rings is 2. The highest BCUT2D eigenvalue weighted by molar-refractivity contribution is 7.97. The zero-order valence-electron chi connectivity index (χ0n) is 59.6. The number of nitrogen functional groups attached to an aromatic ring is 1. The lowest BCUT2D eigenvalue weighted by molar-refractivity contribution is -0.154. The molecule has 6 aliphatic rings. The van der Waals surface area contributed by atoms with Gasteiger partial charge in [0.15, 0.2) is 11.6 Å². The smallest absolute Gasteiger partial charge is 0.312 e. The Balaban J connectivity index is 0.000000180. The highest BCUT2D eigenvalue weighted by atomic mass is 35.5. The number of carbonyl (C=O) groups is 4. The molecule has 0 amide bonds. The van der Waals surface area contributed by atoms with Crippen molar-refractivity contribution in [2.75, 3.05) is 25.4 Å². The average molecular weight is 1500 g/mol. The molecule has 3 aromatic heterocycles. The molecule has 0 bridgehead atoms. The van der Waals surface area contributed by atoms with Gasteiger partial charge in [-0.1, -0.05) is 23.2 Å². The van der Waals surface area contributed by atoms with Gasteiger partial charge >= 0.3 is 11.9 Å². The quantitative estimate of drug-likeness (QED) is 0.0817. The van der Waals surface area contributed by atoms with Crippen LogP contribution in [0.25, 0.3) is 0 Å². The van der Waals surface area contributed by atoms with E-state index in [1.807, 2.05) is 12.1 Å². The number of aromatic nitrogens is 3. The number of nitrogens with zero attached hydrogens (tertiary/aromatic N) is 11. The first-order valence-electron chi connectivity index (χ1n) is 33.0. The van der Waals surface area contributed by atoms with Crippen LogP contribution in [-0.2, 0) is 77.7 Å². The monoisotopic (exact) mass is 1500 g/mol. The van der Waals surface area contributed by atoms with Crippen LogP contribution in [0, 0.1) is 40.1 Å². The summed E-state index contributed by atoms with van der Waals surface area (Å²) in [6.45, 7) is 27.3. The molecule has 0 spiro atoms. The number of carbonyl (C=O) groups excluding carboxylic acids is 4. The number of hydrogen-bond donors (Lipinski definition) is 2. The van der Waals surface area contributed by atoms with Crippen LogP contribution < -0.4 is 11.5 Å². The van der Waals surface area contributed by atoms with Crippen LogP contribution in [0.4, 0.5) is 19.0 Å². The SMILES string of the molecule is CC(C)(C)OC(=O)CC1=N[C@](C)(c2nc(CC(=O)c3ccc(C#N)cc3Cl)ccc2F)[C@@H]2CCN=[S@]2(=O)C1(C)C.CC(C)(C)OC(=O)CC1=N[C@](C)(c2nc(N)ccc2F)[C@@H]2CCN=[S@]2(=O)C1(C)C.CC1(C)C(N)=N[C@](C)(c2nc(CC(=O)c3ccc(C#N)cc3Cl)ccc2F)[C@@H]2CCN=[S@@]21=O. The van der Waals surface area contributed by atoms with Crippen LogP contribution in [0.1, 0.15) is 196 Å². The largest absolute Gasteiger partial charge is 0.460 e. The second-order valence-electron chi connectivity index (χ2n) is 29.9. The lowest BCUT2D eigenvalue weighted by Gasteiger charge is -2.45. The maximum absolute atomic E-state index is 15.5. The van der Waals surface area contributed by atoms with Gasteiger partial charge in [-0.2, -0.15) is 10.5 Å². The standard InChI is InChI=1S/C29H32ClFN4O4S.C23H23ClFN5O2S.C20H29FN4O3S/c1-27(2,3)39-25(37)15-23-28(4,5)40(38)24(11-12-33-40)29(6,35-23)26-21(31)10-8-18(34-26)14-22(36)19-9-7-17(16-32)13-20(19)30;1-22(2)21(27)30-23(3,19-8-9-28-33(19,22)32)20-17(25)7-5-14(29-20)11-18(31)15-6-4-13(12-26)10-16(15)24;1-18(2,3)28-16(26)11-13-19(4,5)29(27)14(9-10-23-29)20(6,25-13)17-12(21)7-8-15(22)24-17/h7-10,13,24H,11-12,14-15H2,1-6H3;4-7,10,19H,8-9,11H2,1-3H3,(H2,27,30);7-8,14H,9-11H2,1-6H3,(H2,22,24)/t24-,29-,40+;19-,23-,33+;14-,20-,29+/m000/s1. The first-order chi connectivity index (χ1) is 47.2. The number of nitriles is 2. The molecule has 0 unspecified atom stereocenters. The second-order valence-corrected chi connectivity index (χ2v) is 39.6.